The number of hydrogen-bond acceptors (Lipinski definition) is 5. The Morgan fingerprint density at radius 2 is 1.44 bits per heavy atom. The van der Waals surface area contributed by atoms with Crippen LogP contribution in [0.25, 0.3) is 0 Å². The summed E-state index contributed by atoms with van der Waals surface area (Å²) in [5.74, 6) is -0.0256. The van der Waals surface area contributed by atoms with E-state index >= 15 is 0 Å². The van der Waals surface area contributed by atoms with Gasteiger partial charge in [-0.1, -0.05) is 6.58 Å². The molecule has 5 nitrogen and oxygen atoms in total. The fourth-order valence-electron chi connectivity index (χ4n) is 1.26. The largest absolute Gasteiger partial charge is 0.679 e. The quantitative estimate of drug-likeness (QED) is 0.427. The molecule has 0 bridgehead atoms. The summed E-state index contributed by atoms with van der Waals surface area (Å²) in [6.45, 7) is 12.4. The molecule has 0 saturated heterocycles. The minimum absolute atomic E-state index is 0.0256. The van der Waals surface area contributed by atoms with E-state index in [2.05, 4.69) is 6.58 Å². The number of Topliss-reactive ketones (excluding diaryl/α,β-unsaturated/α-hetero) is 1. The SMILES string of the molecule is C=C(C)C(=O)CCO[Si](OCC)(OCC)OCC. The highest BCUT2D eigenvalue weighted by Crippen LogP contribution is 2.13. The van der Waals surface area contributed by atoms with Crippen LogP contribution in [0.15, 0.2) is 12.2 Å². The van der Waals surface area contributed by atoms with Gasteiger partial charge in [0.15, 0.2) is 5.78 Å². The van der Waals surface area contributed by atoms with Crippen LogP contribution >= 0.6 is 0 Å². The lowest BCUT2D eigenvalue weighted by molar-refractivity contribution is -0.116. The van der Waals surface area contributed by atoms with Gasteiger partial charge >= 0.3 is 9.05 Å². The number of carbonyl (C=O) groups is 1. The Morgan fingerprint density at radius 1 is 1.00 bits per heavy atom. The van der Waals surface area contributed by atoms with E-state index in [1.54, 1.807) is 6.92 Å². The number of carbonyl (C=O) groups excluding carboxylic acids is 1. The van der Waals surface area contributed by atoms with Crippen LogP contribution in [0, 0.1) is 0 Å². The third kappa shape index (κ3) is 6.41. The number of hydrogen-bond donors (Lipinski definition) is 0. The van der Waals surface area contributed by atoms with Gasteiger partial charge in [0.2, 0.25) is 0 Å². The first-order valence-electron chi connectivity index (χ1n) is 6.25. The normalized spacial score (nSPS) is 11.6. The zero-order valence-electron chi connectivity index (χ0n) is 11.8. The van der Waals surface area contributed by atoms with Crippen LogP contribution in [0.3, 0.4) is 0 Å². The predicted octanol–water partition coefficient (Wildman–Crippen LogP) is 2.08. The Morgan fingerprint density at radius 3 is 1.78 bits per heavy atom. The van der Waals surface area contributed by atoms with Crippen LogP contribution in [-0.4, -0.2) is 41.3 Å². The molecule has 0 aromatic carbocycles. The molecule has 18 heavy (non-hydrogen) atoms. The molecule has 0 fully saturated rings. The monoisotopic (exact) mass is 276 g/mol. The third-order valence-corrected chi connectivity index (χ3v) is 4.53. The van der Waals surface area contributed by atoms with Crippen molar-refractivity contribution in [2.45, 2.75) is 34.1 Å². The van der Waals surface area contributed by atoms with Gasteiger partial charge in [0, 0.05) is 32.8 Å². The van der Waals surface area contributed by atoms with Gasteiger partial charge in [-0.3, -0.25) is 4.79 Å². The Kier molecular flexibility index (Phi) is 9.13. The summed E-state index contributed by atoms with van der Waals surface area (Å²) in [6, 6.07) is 0. The highest BCUT2D eigenvalue weighted by molar-refractivity contribution is 6.53. The fraction of sp³-hybridized carbons (Fsp3) is 0.750. The van der Waals surface area contributed by atoms with Crippen LogP contribution < -0.4 is 0 Å². The summed E-state index contributed by atoms with van der Waals surface area (Å²) >= 11 is 0. The molecule has 0 aliphatic carbocycles. The standard InChI is InChI=1S/C12H24O5Si/c1-6-14-18(15-7-2,16-8-3)17-10-9-12(13)11(4)5/h4,6-10H2,1-3,5H3. The molecule has 0 aromatic heterocycles. The lowest BCUT2D eigenvalue weighted by Gasteiger charge is -2.26. The molecule has 0 radical (unpaired) electrons. The van der Waals surface area contributed by atoms with Gasteiger partial charge in [0.05, 0.1) is 0 Å². The van der Waals surface area contributed by atoms with Gasteiger partial charge in [-0.05, 0) is 33.3 Å². The molecule has 106 valence electrons. The van der Waals surface area contributed by atoms with Crippen LogP contribution in [0.4, 0.5) is 0 Å². The van der Waals surface area contributed by atoms with Gasteiger partial charge in [0.25, 0.3) is 0 Å². The molecule has 0 aliphatic heterocycles. The van der Waals surface area contributed by atoms with Gasteiger partial charge < -0.3 is 17.7 Å². The predicted molar refractivity (Wildman–Crippen MR) is 71.0 cm³/mol. The molecular weight excluding hydrogens is 252 g/mol. The lowest BCUT2D eigenvalue weighted by atomic mass is 10.2. The smallest absolute Gasteiger partial charge is 0.351 e. The van der Waals surface area contributed by atoms with E-state index in [-0.39, 0.29) is 18.8 Å². The van der Waals surface area contributed by atoms with E-state index in [4.69, 9.17) is 17.7 Å². The average Bonchev–Trinajstić information content (AvgIpc) is 2.29. The molecule has 0 heterocycles. The molecule has 0 amide bonds. The zero-order valence-corrected chi connectivity index (χ0v) is 12.8. The first-order valence-corrected chi connectivity index (χ1v) is 7.89. The van der Waals surface area contributed by atoms with Crippen molar-refractivity contribution in [1.82, 2.24) is 0 Å². The molecule has 0 aliphatic rings. The Hall–Kier alpha value is -0.533. The summed E-state index contributed by atoms with van der Waals surface area (Å²) in [6.07, 6.45) is 0.261. The number of rotatable bonds is 11. The summed E-state index contributed by atoms with van der Waals surface area (Å²) < 4.78 is 22.1. The minimum Gasteiger partial charge on any atom is -0.351 e. The fourth-order valence-corrected chi connectivity index (χ4v) is 3.18. The van der Waals surface area contributed by atoms with Crippen molar-refractivity contribution in [3.05, 3.63) is 12.2 Å². The summed E-state index contributed by atoms with van der Waals surface area (Å²) in [4.78, 5) is 11.4. The van der Waals surface area contributed by atoms with Gasteiger partial charge in [-0.2, -0.15) is 0 Å². The average molecular weight is 276 g/mol. The molecule has 6 heteroatoms. The Balaban J connectivity index is 4.37. The molecule has 0 unspecified atom stereocenters. The maximum Gasteiger partial charge on any atom is 0.679 e. The highest BCUT2D eigenvalue weighted by Gasteiger charge is 2.44. The molecule has 0 aromatic rings. The Bertz CT molecular complexity index is 250. The summed E-state index contributed by atoms with van der Waals surface area (Å²) in [7, 11) is -3.08. The second kappa shape index (κ2) is 9.40. The van der Waals surface area contributed by atoms with E-state index in [1.165, 1.54) is 0 Å². The van der Waals surface area contributed by atoms with Crippen LogP contribution in [-0.2, 0) is 22.5 Å². The van der Waals surface area contributed by atoms with E-state index in [9.17, 15) is 4.79 Å². The van der Waals surface area contributed by atoms with Crippen LogP contribution in [0.2, 0.25) is 0 Å². The lowest BCUT2D eigenvalue weighted by Crippen LogP contribution is -2.49. The maximum absolute atomic E-state index is 11.4. The number of allylic oxidation sites excluding steroid dienone is 1. The molecule has 0 spiro atoms. The van der Waals surface area contributed by atoms with Crippen molar-refractivity contribution in [1.29, 1.82) is 0 Å². The summed E-state index contributed by atoms with van der Waals surface area (Å²) in [5, 5.41) is 0. The van der Waals surface area contributed by atoms with E-state index < -0.39 is 9.05 Å². The van der Waals surface area contributed by atoms with Crippen molar-refractivity contribution in [3.63, 3.8) is 0 Å². The minimum atomic E-state index is -3.08. The van der Waals surface area contributed by atoms with E-state index in [1.807, 2.05) is 20.8 Å². The van der Waals surface area contributed by atoms with Gasteiger partial charge in [0.1, 0.15) is 0 Å². The van der Waals surface area contributed by atoms with Crippen molar-refractivity contribution in [2.75, 3.05) is 26.4 Å². The topological polar surface area (TPSA) is 54.0 Å². The maximum atomic E-state index is 11.4. The Labute approximate surface area is 111 Å². The van der Waals surface area contributed by atoms with E-state index in [0.717, 1.165) is 0 Å². The second-order valence-electron chi connectivity index (χ2n) is 3.60. The first-order chi connectivity index (χ1) is 8.51. The second-order valence-corrected chi connectivity index (χ2v) is 5.76. The number of ketones is 1. The van der Waals surface area contributed by atoms with Crippen molar-refractivity contribution < 1.29 is 22.5 Å². The molecule has 0 saturated carbocycles. The molecule has 0 rings (SSSR count). The third-order valence-electron chi connectivity index (χ3n) is 2.05. The van der Waals surface area contributed by atoms with Crippen LogP contribution in [0.5, 0.6) is 0 Å². The zero-order chi connectivity index (χ0) is 14.0. The van der Waals surface area contributed by atoms with Crippen molar-refractivity contribution >= 4 is 14.8 Å². The van der Waals surface area contributed by atoms with Crippen molar-refractivity contribution in [3.8, 4) is 0 Å². The first kappa shape index (κ1) is 17.5. The molecule has 0 atom stereocenters. The van der Waals surface area contributed by atoms with E-state index in [0.29, 0.717) is 25.4 Å². The van der Waals surface area contributed by atoms with Gasteiger partial charge in [-0.25, -0.2) is 0 Å². The molecular formula is C12H24O5Si. The highest BCUT2D eigenvalue weighted by atomic mass is 28.4. The van der Waals surface area contributed by atoms with Crippen molar-refractivity contribution in [2.24, 2.45) is 0 Å². The van der Waals surface area contributed by atoms with Gasteiger partial charge in [-0.15, -0.1) is 0 Å². The molecule has 0 N–H and O–H groups in total. The van der Waals surface area contributed by atoms with Crippen LogP contribution in [0.1, 0.15) is 34.1 Å². The summed E-state index contributed by atoms with van der Waals surface area (Å²) in [5.41, 5.74) is 0.523.